The fraction of sp³-hybridized carbons (Fsp3) is 0.217. The van der Waals surface area contributed by atoms with E-state index in [4.69, 9.17) is 9.47 Å². The number of allylic oxidation sites excluding steroid dienone is 5. The van der Waals surface area contributed by atoms with Gasteiger partial charge in [-0.25, -0.2) is 0 Å². The molecular formula is C23H24O3. The van der Waals surface area contributed by atoms with Gasteiger partial charge in [0, 0.05) is 11.0 Å². The first-order valence-corrected chi connectivity index (χ1v) is 8.64. The van der Waals surface area contributed by atoms with Crippen LogP contribution in [0.2, 0.25) is 0 Å². The Kier molecular flexibility index (Phi) is 5.17. The van der Waals surface area contributed by atoms with Gasteiger partial charge in [-0.3, -0.25) is 0 Å². The second kappa shape index (κ2) is 7.52. The number of rotatable bonds is 5. The van der Waals surface area contributed by atoms with Crippen LogP contribution in [-0.4, -0.2) is 19.3 Å². The summed E-state index contributed by atoms with van der Waals surface area (Å²) >= 11 is 0. The molecule has 26 heavy (non-hydrogen) atoms. The Morgan fingerprint density at radius 2 is 1.58 bits per heavy atom. The third-order valence-electron chi connectivity index (χ3n) is 5.07. The lowest BCUT2D eigenvalue weighted by molar-refractivity contribution is 0.132. The zero-order chi connectivity index (χ0) is 18.6. The second-order valence-corrected chi connectivity index (χ2v) is 6.45. The number of hydrogen-bond acceptors (Lipinski definition) is 3. The highest BCUT2D eigenvalue weighted by Gasteiger charge is 2.32. The number of ether oxygens (including phenoxy) is 2. The van der Waals surface area contributed by atoms with Gasteiger partial charge in [0.1, 0.15) is 5.75 Å². The predicted octanol–water partition coefficient (Wildman–Crippen LogP) is 5.30. The monoisotopic (exact) mass is 348 g/mol. The maximum Gasteiger partial charge on any atom is 0.279 e. The van der Waals surface area contributed by atoms with E-state index >= 15 is 0 Å². The average Bonchev–Trinajstić information content (AvgIpc) is 2.73. The normalized spacial score (nSPS) is 17.9. The Morgan fingerprint density at radius 1 is 0.923 bits per heavy atom. The first-order chi connectivity index (χ1) is 12.6. The van der Waals surface area contributed by atoms with Crippen LogP contribution in [0.1, 0.15) is 24.5 Å². The highest BCUT2D eigenvalue weighted by Crippen LogP contribution is 2.42. The molecular weight excluding hydrogens is 324 g/mol. The molecule has 0 spiro atoms. The molecule has 0 saturated heterocycles. The number of aliphatic hydroxyl groups excluding tert-OH is 1. The quantitative estimate of drug-likeness (QED) is 0.745. The number of hydrogen-bond donors (Lipinski definition) is 1. The largest absolute Gasteiger partial charge is 0.497 e. The van der Waals surface area contributed by atoms with Crippen LogP contribution >= 0.6 is 0 Å². The smallest absolute Gasteiger partial charge is 0.279 e. The van der Waals surface area contributed by atoms with Gasteiger partial charge in [0.2, 0.25) is 0 Å². The van der Waals surface area contributed by atoms with Gasteiger partial charge in [-0.15, -0.1) is 0 Å². The van der Waals surface area contributed by atoms with Gasteiger partial charge in [0.25, 0.3) is 5.95 Å². The van der Waals surface area contributed by atoms with Crippen molar-refractivity contribution in [3.8, 4) is 5.75 Å². The molecule has 2 aromatic carbocycles. The van der Waals surface area contributed by atoms with Crippen molar-refractivity contribution in [2.75, 3.05) is 14.2 Å². The molecule has 0 aromatic heterocycles. The molecule has 1 aliphatic carbocycles. The van der Waals surface area contributed by atoms with Crippen LogP contribution in [0.3, 0.4) is 0 Å². The van der Waals surface area contributed by atoms with E-state index in [2.05, 4.69) is 55.5 Å². The van der Waals surface area contributed by atoms with E-state index in [9.17, 15) is 5.11 Å². The van der Waals surface area contributed by atoms with E-state index in [0.717, 1.165) is 11.3 Å². The minimum absolute atomic E-state index is 0.0255. The van der Waals surface area contributed by atoms with E-state index < -0.39 is 0 Å². The molecule has 0 heterocycles. The minimum Gasteiger partial charge on any atom is -0.497 e. The van der Waals surface area contributed by atoms with Crippen molar-refractivity contribution < 1.29 is 14.6 Å². The lowest BCUT2D eigenvalue weighted by Crippen LogP contribution is -2.26. The molecule has 0 saturated carbocycles. The van der Waals surface area contributed by atoms with Gasteiger partial charge < -0.3 is 14.6 Å². The standard InChI is InChI=1S/C23H24O3/c1-23(18-7-5-4-6-8-18,20-13-15-21(25-2)16-14-20)19-11-9-17(10-12-19)22(24)26-3/h4-9,11-16,24H,10H2,1-3H3. The highest BCUT2D eigenvalue weighted by atomic mass is 16.6. The van der Waals surface area contributed by atoms with Crippen molar-refractivity contribution in [1.29, 1.82) is 0 Å². The van der Waals surface area contributed by atoms with E-state index in [0.29, 0.717) is 6.42 Å². The van der Waals surface area contributed by atoms with Crippen LogP contribution in [0.25, 0.3) is 0 Å². The first kappa shape index (κ1) is 17.9. The van der Waals surface area contributed by atoms with Crippen LogP contribution in [-0.2, 0) is 10.2 Å². The maximum absolute atomic E-state index is 9.83. The Balaban J connectivity index is 2.08. The van der Waals surface area contributed by atoms with Gasteiger partial charge in [0.15, 0.2) is 0 Å². The van der Waals surface area contributed by atoms with Crippen molar-refractivity contribution in [1.82, 2.24) is 0 Å². The Hall–Kier alpha value is -2.94. The summed E-state index contributed by atoms with van der Waals surface area (Å²) in [6.07, 6.45) is 6.77. The molecule has 3 rings (SSSR count). The molecule has 2 aromatic rings. The molecule has 1 N–H and O–H groups in total. The summed E-state index contributed by atoms with van der Waals surface area (Å²) < 4.78 is 10.3. The fourth-order valence-corrected chi connectivity index (χ4v) is 3.40. The highest BCUT2D eigenvalue weighted by molar-refractivity contribution is 5.54. The Labute approximate surface area is 154 Å². The number of aliphatic hydroxyl groups is 1. The van der Waals surface area contributed by atoms with Gasteiger partial charge in [0.05, 0.1) is 14.2 Å². The predicted molar refractivity (Wildman–Crippen MR) is 104 cm³/mol. The summed E-state index contributed by atoms with van der Waals surface area (Å²) in [7, 11) is 3.15. The molecule has 3 nitrogen and oxygen atoms in total. The van der Waals surface area contributed by atoms with Crippen LogP contribution in [0, 0.1) is 0 Å². The van der Waals surface area contributed by atoms with Gasteiger partial charge in [-0.05, 0) is 42.2 Å². The summed E-state index contributed by atoms with van der Waals surface area (Å²) in [4.78, 5) is 0. The molecule has 0 fully saturated rings. The molecule has 134 valence electrons. The SMILES string of the molecule is COC(O)=C1C=CC(C(C)(c2ccccc2)c2ccc(OC)cc2)=CC1. The average molecular weight is 348 g/mol. The molecule has 1 unspecified atom stereocenters. The molecule has 0 radical (unpaired) electrons. The van der Waals surface area contributed by atoms with Crippen LogP contribution < -0.4 is 4.74 Å². The van der Waals surface area contributed by atoms with E-state index in [1.807, 2.05) is 24.3 Å². The summed E-state index contributed by atoms with van der Waals surface area (Å²) in [5, 5.41) is 9.83. The fourth-order valence-electron chi connectivity index (χ4n) is 3.40. The summed E-state index contributed by atoms with van der Waals surface area (Å²) in [5.41, 5.74) is 4.05. The molecule has 0 aliphatic heterocycles. The van der Waals surface area contributed by atoms with Crippen molar-refractivity contribution in [2.45, 2.75) is 18.8 Å². The topological polar surface area (TPSA) is 38.7 Å². The third-order valence-corrected chi connectivity index (χ3v) is 5.07. The van der Waals surface area contributed by atoms with Crippen molar-refractivity contribution in [3.05, 3.63) is 101 Å². The van der Waals surface area contributed by atoms with Crippen molar-refractivity contribution in [3.63, 3.8) is 0 Å². The van der Waals surface area contributed by atoms with Crippen molar-refractivity contribution >= 4 is 0 Å². The van der Waals surface area contributed by atoms with E-state index in [1.54, 1.807) is 7.11 Å². The molecule has 0 amide bonds. The zero-order valence-electron chi connectivity index (χ0n) is 15.4. The zero-order valence-corrected chi connectivity index (χ0v) is 15.4. The number of methoxy groups -OCH3 is 2. The summed E-state index contributed by atoms with van der Waals surface area (Å²) in [5.74, 6) is 0.815. The minimum atomic E-state index is -0.307. The molecule has 1 aliphatic rings. The van der Waals surface area contributed by atoms with Crippen molar-refractivity contribution in [2.24, 2.45) is 0 Å². The molecule has 3 heteroatoms. The molecule has 1 atom stereocenters. The first-order valence-electron chi connectivity index (χ1n) is 8.64. The van der Waals surface area contributed by atoms with E-state index in [1.165, 1.54) is 23.8 Å². The van der Waals surface area contributed by atoms with Gasteiger partial charge >= 0.3 is 0 Å². The lowest BCUT2D eigenvalue weighted by Gasteiger charge is -2.34. The Morgan fingerprint density at radius 3 is 2.12 bits per heavy atom. The molecule has 0 bridgehead atoms. The van der Waals surface area contributed by atoms with Crippen LogP contribution in [0.5, 0.6) is 5.75 Å². The maximum atomic E-state index is 9.83. The lowest BCUT2D eigenvalue weighted by atomic mass is 9.69. The Bertz CT molecular complexity index is 845. The van der Waals surface area contributed by atoms with Gasteiger partial charge in [-0.1, -0.05) is 60.7 Å². The summed E-state index contributed by atoms with van der Waals surface area (Å²) in [6.45, 7) is 2.23. The third kappa shape index (κ3) is 3.25. The summed E-state index contributed by atoms with van der Waals surface area (Å²) in [6, 6.07) is 18.7. The number of benzene rings is 2. The van der Waals surface area contributed by atoms with E-state index in [-0.39, 0.29) is 11.4 Å². The van der Waals surface area contributed by atoms with Gasteiger partial charge in [-0.2, -0.15) is 0 Å². The second-order valence-electron chi connectivity index (χ2n) is 6.45. The van der Waals surface area contributed by atoms with Crippen LogP contribution in [0.4, 0.5) is 0 Å². The van der Waals surface area contributed by atoms with Crippen LogP contribution in [0.15, 0.2) is 89.9 Å².